The first kappa shape index (κ1) is 20.6. The SMILES string of the molecule is CN=C(NCCCOc1cccc(OC)c1)NCc1ccsc1.I. The highest BCUT2D eigenvalue weighted by molar-refractivity contribution is 14.0. The number of methoxy groups -OCH3 is 1. The minimum absolute atomic E-state index is 0. The number of benzene rings is 1. The second-order valence-electron chi connectivity index (χ2n) is 4.87. The number of aliphatic imine (C=N–C) groups is 1. The lowest BCUT2D eigenvalue weighted by atomic mass is 10.3. The third kappa shape index (κ3) is 7.39. The summed E-state index contributed by atoms with van der Waals surface area (Å²) in [5.41, 5.74) is 1.26. The van der Waals surface area contributed by atoms with E-state index in [-0.39, 0.29) is 24.0 Å². The topological polar surface area (TPSA) is 54.9 Å². The van der Waals surface area contributed by atoms with E-state index in [1.165, 1.54) is 5.56 Å². The zero-order chi connectivity index (χ0) is 16.3. The number of ether oxygens (including phenoxy) is 2. The molecule has 5 nitrogen and oxygen atoms in total. The molecule has 1 heterocycles. The molecule has 1 aromatic heterocycles. The maximum atomic E-state index is 5.70. The van der Waals surface area contributed by atoms with E-state index in [2.05, 4.69) is 32.5 Å². The summed E-state index contributed by atoms with van der Waals surface area (Å²) in [6.45, 7) is 2.22. The van der Waals surface area contributed by atoms with Gasteiger partial charge in [0, 0.05) is 26.2 Å². The fourth-order valence-corrected chi connectivity index (χ4v) is 2.63. The van der Waals surface area contributed by atoms with Gasteiger partial charge in [-0.05, 0) is 40.9 Å². The van der Waals surface area contributed by atoms with Gasteiger partial charge in [-0.2, -0.15) is 11.3 Å². The Kier molecular flexibility index (Phi) is 10.3. The van der Waals surface area contributed by atoms with Crippen LogP contribution in [0.15, 0.2) is 46.1 Å². The van der Waals surface area contributed by atoms with Crippen molar-refractivity contribution >= 4 is 41.3 Å². The van der Waals surface area contributed by atoms with Crippen LogP contribution in [0.25, 0.3) is 0 Å². The molecule has 7 heteroatoms. The Morgan fingerprint density at radius 1 is 1.21 bits per heavy atom. The van der Waals surface area contributed by atoms with Crippen LogP contribution in [0.2, 0.25) is 0 Å². The summed E-state index contributed by atoms with van der Waals surface area (Å²) in [7, 11) is 3.42. The third-order valence-electron chi connectivity index (χ3n) is 3.19. The number of halogens is 1. The largest absolute Gasteiger partial charge is 0.497 e. The molecule has 0 aliphatic rings. The number of hydrogen-bond donors (Lipinski definition) is 2. The van der Waals surface area contributed by atoms with Crippen molar-refractivity contribution in [1.29, 1.82) is 0 Å². The number of nitrogens with zero attached hydrogens (tertiary/aromatic N) is 1. The predicted molar refractivity (Wildman–Crippen MR) is 111 cm³/mol. The number of guanidine groups is 1. The molecule has 2 aromatic rings. The van der Waals surface area contributed by atoms with Crippen LogP contribution >= 0.6 is 35.3 Å². The quantitative estimate of drug-likeness (QED) is 0.274. The fourth-order valence-electron chi connectivity index (χ4n) is 1.96. The molecule has 0 amide bonds. The molecule has 2 N–H and O–H groups in total. The van der Waals surface area contributed by atoms with Crippen LogP contribution in [0.4, 0.5) is 0 Å². The van der Waals surface area contributed by atoms with Crippen LogP contribution in [0.1, 0.15) is 12.0 Å². The first-order chi connectivity index (χ1) is 11.3. The van der Waals surface area contributed by atoms with Crippen molar-refractivity contribution in [3.05, 3.63) is 46.7 Å². The second kappa shape index (κ2) is 12.0. The Morgan fingerprint density at radius 2 is 2.04 bits per heavy atom. The maximum absolute atomic E-state index is 5.70. The van der Waals surface area contributed by atoms with Gasteiger partial charge in [-0.1, -0.05) is 6.07 Å². The standard InChI is InChI=1S/C17H23N3O2S.HI/c1-18-17(20-12-14-7-10-23-13-14)19-8-4-9-22-16-6-3-5-15(11-16)21-2;/h3,5-7,10-11,13H,4,8-9,12H2,1-2H3,(H2,18,19,20);1H. The molecule has 0 unspecified atom stereocenters. The Balaban J connectivity index is 0.00000288. The number of thiophene rings is 1. The van der Waals surface area contributed by atoms with Gasteiger partial charge in [0.2, 0.25) is 0 Å². The van der Waals surface area contributed by atoms with Gasteiger partial charge in [0.1, 0.15) is 11.5 Å². The number of nitrogens with one attached hydrogen (secondary N) is 2. The zero-order valence-electron chi connectivity index (χ0n) is 14.0. The third-order valence-corrected chi connectivity index (χ3v) is 3.92. The maximum Gasteiger partial charge on any atom is 0.191 e. The highest BCUT2D eigenvalue weighted by Gasteiger charge is 1.99. The number of rotatable bonds is 8. The Morgan fingerprint density at radius 3 is 2.75 bits per heavy atom. The molecule has 2 rings (SSSR count). The molecule has 0 aliphatic heterocycles. The minimum atomic E-state index is 0. The van der Waals surface area contributed by atoms with E-state index >= 15 is 0 Å². The van der Waals surface area contributed by atoms with Gasteiger partial charge in [-0.15, -0.1) is 24.0 Å². The molecule has 0 bridgehead atoms. The van der Waals surface area contributed by atoms with Crippen molar-refractivity contribution in [2.24, 2.45) is 4.99 Å². The molecule has 0 fully saturated rings. The fraction of sp³-hybridized carbons (Fsp3) is 0.353. The second-order valence-corrected chi connectivity index (χ2v) is 5.65. The van der Waals surface area contributed by atoms with E-state index in [4.69, 9.17) is 9.47 Å². The van der Waals surface area contributed by atoms with Gasteiger partial charge in [0.05, 0.1) is 13.7 Å². The van der Waals surface area contributed by atoms with E-state index in [9.17, 15) is 0 Å². The van der Waals surface area contributed by atoms with Gasteiger partial charge in [-0.25, -0.2) is 0 Å². The van der Waals surface area contributed by atoms with E-state index in [1.54, 1.807) is 25.5 Å². The lowest BCUT2D eigenvalue weighted by Gasteiger charge is -2.12. The molecule has 0 saturated heterocycles. The molecule has 132 valence electrons. The van der Waals surface area contributed by atoms with Crippen molar-refractivity contribution in [2.45, 2.75) is 13.0 Å². The molecule has 0 spiro atoms. The average Bonchev–Trinajstić information content (AvgIpc) is 3.11. The normalized spacial score (nSPS) is 10.7. The summed E-state index contributed by atoms with van der Waals surface area (Å²) < 4.78 is 10.9. The van der Waals surface area contributed by atoms with Crippen molar-refractivity contribution in [2.75, 3.05) is 27.3 Å². The van der Waals surface area contributed by atoms with Crippen LogP contribution in [-0.4, -0.2) is 33.3 Å². The van der Waals surface area contributed by atoms with Gasteiger partial charge < -0.3 is 20.1 Å². The summed E-state index contributed by atoms with van der Waals surface area (Å²) in [5.74, 6) is 2.43. The van der Waals surface area contributed by atoms with Gasteiger partial charge in [-0.3, -0.25) is 4.99 Å². The first-order valence-electron chi connectivity index (χ1n) is 7.54. The molecule has 1 aromatic carbocycles. The average molecular weight is 461 g/mol. The van der Waals surface area contributed by atoms with Crippen LogP contribution in [-0.2, 0) is 6.54 Å². The minimum Gasteiger partial charge on any atom is -0.497 e. The van der Waals surface area contributed by atoms with E-state index < -0.39 is 0 Å². The summed E-state index contributed by atoms with van der Waals surface area (Å²) in [4.78, 5) is 4.21. The monoisotopic (exact) mass is 461 g/mol. The summed E-state index contributed by atoms with van der Waals surface area (Å²) in [6, 6.07) is 9.74. The smallest absolute Gasteiger partial charge is 0.191 e. The Labute approximate surface area is 164 Å². The Hall–Kier alpha value is -1.48. The van der Waals surface area contributed by atoms with Gasteiger partial charge in [0.25, 0.3) is 0 Å². The molecular weight excluding hydrogens is 437 g/mol. The van der Waals surface area contributed by atoms with Crippen LogP contribution in [0, 0.1) is 0 Å². The molecule has 0 saturated carbocycles. The first-order valence-corrected chi connectivity index (χ1v) is 8.48. The van der Waals surface area contributed by atoms with E-state index in [0.717, 1.165) is 37.0 Å². The van der Waals surface area contributed by atoms with Crippen molar-refractivity contribution in [1.82, 2.24) is 10.6 Å². The summed E-state index contributed by atoms with van der Waals surface area (Å²) in [5, 5.41) is 10.8. The van der Waals surface area contributed by atoms with Crippen LogP contribution < -0.4 is 20.1 Å². The summed E-state index contributed by atoms with van der Waals surface area (Å²) in [6.07, 6.45) is 0.885. The van der Waals surface area contributed by atoms with Crippen LogP contribution in [0.5, 0.6) is 11.5 Å². The molecule has 24 heavy (non-hydrogen) atoms. The highest BCUT2D eigenvalue weighted by atomic mass is 127. The van der Waals surface area contributed by atoms with Gasteiger partial charge in [0.15, 0.2) is 5.96 Å². The van der Waals surface area contributed by atoms with Crippen molar-refractivity contribution < 1.29 is 9.47 Å². The van der Waals surface area contributed by atoms with Crippen LogP contribution in [0.3, 0.4) is 0 Å². The number of hydrogen-bond acceptors (Lipinski definition) is 4. The molecule has 0 aliphatic carbocycles. The predicted octanol–water partition coefficient (Wildman–Crippen LogP) is 3.51. The van der Waals surface area contributed by atoms with Gasteiger partial charge >= 0.3 is 0 Å². The van der Waals surface area contributed by atoms with Crippen molar-refractivity contribution in [3.63, 3.8) is 0 Å². The van der Waals surface area contributed by atoms with Crippen molar-refractivity contribution in [3.8, 4) is 11.5 Å². The molecule has 0 atom stereocenters. The lowest BCUT2D eigenvalue weighted by Crippen LogP contribution is -2.37. The molecule has 0 radical (unpaired) electrons. The van der Waals surface area contributed by atoms with E-state index in [0.29, 0.717) is 6.61 Å². The zero-order valence-corrected chi connectivity index (χ0v) is 17.1. The lowest BCUT2D eigenvalue weighted by molar-refractivity contribution is 0.308. The van der Waals surface area contributed by atoms with E-state index in [1.807, 2.05) is 24.3 Å². The Bertz CT molecular complexity index is 606. The highest BCUT2D eigenvalue weighted by Crippen LogP contribution is 2.18. The molecular formula is C17H24IN3O2S. The summed E-state index contributed by atoms with van der Waals surface area (Å²) >= 11 is 1.70.